The van der Waals surface area contributed by atoms with Crippen molar-refractivity contribution in [2.24, 2.45) is 0 Å². The van der Waals surface area contributed by atoms with Gasteiger partial charge in [-0.15, -0.1) is 0 Å². The zero-order chi connectivity index (χ0) is 12.3. The lowest BCUT2D eigenvalue weighted by Gasteiger charge is -2.08. The van der Waals surface area contributed by atoms with Crippen molar-refractivity contribution in [3.8, 4) is 0 Å². The van der Waals surface area contributed by atoms with Gasteiger partial charge in [-0.05, 0) is 13.3 Å². The van der Waals surface area contributed by atoms with Crippen LogP contribution in [0.1, 0.15) is 24.7 Å². The summed E-state index contributed by atoms with van der Waals surface area (Å²) in [5.74, 6) is 0.854. The molecule has 2 heterocycles. The molecule has 0 aliphatic rings. The zero-order valence-electron chi connectivity index (χ0n) is 10.1. The minimum Gasteiger partial charge on any atom is -0.394 e. The van der Waals surface area contributed by atoms with Crippen LogP contribution in [0.4, 0.5) is 11.5 Å². The number of aryl methyl sites for hydroxylation is 2. The lowest BCUT2D eigenvalue weighted by atomic mass is 10.3. The van der Waals surface area contributed by atoms with Crippen molar-refractivity contribution in [1.29, 1.82) is 0 Å². The molecule has 2 rings (SSSR count). The molecule has 17 heavy (non-hydrogen) atoms. The Morgan fingerprint density at radius 2 is 2.35 bits per heavy atom. The maximum absolute atomic E-state index is 5.98. The van der Waals surface area contributed by atoms with Gasteiger partial charge in [-0.2, -0.15) is 5.10 Å². The fourth-order valence-corrected chi connectivity index (χ4v) is 1.66. The smallest absolute Gasteiger partial charge is 0.148 e. The molecular formula is C11H17N5O. The largest absolute Gasteiger partial charge is 0.394 e. The normalized spacial score (nSPS) is 10.7. The molecular weight excluding hydrogens is 218 g/mol. The lowest BCUT2D eigenvalue weighted by Crippen LogP contribution is -2.09. The van der Waals surface area contributed by atoms with Gasteiger partial charge >= 0.3 is 0 Å². The Balaban J connectivity index is 2.13. The molecule has 6 nitrogen and oxygen atoms in total. The molecule has 92 valence electrons. The third-order valence-electron chi connectivity index (χ3n) is 2.54. The van der Waals surface area contributed by atoms with E-state index in [4.69, 9.17) is 10.3 Å². The Morgan fingerprint density at radius 3 is 3.00 bits per heavy atom. The van der Waals surface area contributed by atoms with Crippen LogP contribution in [0.5, 0.6) is 0 Å². The minimum absolute atomic E-state index is 0.579. The summed E-state index contributed by atoms with van der Waals surface area (Å²) in [6.45, 7) is 5.44. The van der Waals surface area contributed by atoms with E-state index in [-0.39, 0.29) is 0 Å². The minimum atomic E-state index is 0.579. The molecule has 0 saturated heterocycles. The molecule has 0 saturated carbocycles. The predicted molar refractivity (Wildman–Crippen MR) is 65.5 cm³/mol. The summed E-state index contributed by atoms with van der Waals surface area (Å²) in [7, 11) is 0. The van der Waals surface area contributed by atoms with Crippen molar-refractivity contribution in [3.05, 3.63) is 23.7 Å². The van der Waals surface area contributed by atoms with Crippen LogP contribution in [-0.4, -0.2) is 14.9 Å². The van der Waals surface area contributed by atoms with E-state index < -0.39 is 0 Å². The maximum Gasteiger partial charge on any atom is 0.148 e. The van der Waals surface area contributed by atoms with Crippen LogP contribution in [0.15, 0.2) is 16.9 Å². The summed E-state index contributed by atoms with van der Waals surface area (Å²) in [6.07, 6.45) is 2.56. The molecule has 0 fully saturated rings. The molecule has 3 N–H and O–H groups in total. The van der Waals surface area contributed by atoms with Crippen LogP contribution < -0.4 is 11.1 Å². The summed E-state index contributed by atoms with van der Waals surface area (Å²) >= 11 is 0. The number of rotatable bonds is 5. The van der Waals surface area contributed by atoms with Crippen molar-refractivity contribution < 1.29 is 4.52 Å². The first kappa shape index (κ1) is 11.5. The molecule has 0 bridgehead atoms. The molecule has 2 aromatic rings. The molecule has 0 atom stereocenters. The second-order valence-corrected chi connectivity index (χ2v) is 3.92. The van der Waals surface area contributed by atoms with Gasteiger partial charge in [0.1, 0.15) is 17.8 Å². The van der Waals surface area contributed by atoms with Gasteiger partial charge in [0.05, 0.1) is 17.9 Å². The van der Waals surface area contributed by atoms with Crippen molar-refractivity contribution in [2.75, 3.05) is 11.1 Å². The third-order valence-corrected chi connectivity index (χ3v) is 2.54. The molecule has 0 spiro atoms. The fraction of sp³-hybridized carbons (Fsp3) is 0.455. The van der Waals surface area contributed by atoms with Crippen LogP contribution in [0, 0.1) is 6.92 Å². The highest BCUT2D eigenvalue weighted by molar-refractivity contribution is 5.64. The Bertz CT molecular complexity index is 474. The average molecular weight is 235 g/mol. The zero-order valence-corrected chi connectivity index (χ0v) is 10.1. The van der Waals surface area contributed by atoms with E-state index in [0.717, 1.165) is 30.2 Å². The Hall–Kier alpha value is -1.98. The quantitative estimate of drug-likeness (QED) is 0.825. The van der Waals surface area contributed by atoms with Gasteiger partial charge in [0.2, 0.25) is 0 Å². The molecule has 0 unspecified atom stereocenters. The highest BCUT2D eigenvalue weighted by Gasteiger charge is 2.11. The number of nitrogens with one attached hydrogen (secondary N) is 1. The van der Waals surface area contributed by atoms with Crippen LogP contribution in [0.3, 0.4) is 0 Å². The van der Waals surface area contributed by atoms with E-state index in [9.17, 15) is 0 Å². The predicted octanol–water partition coefficient (Wildman–Crippen LogP) is 1.78. The van der Waals surface area contributed by atoms with E-state index in [1.807, 2.05) is 17.7 Å². The van der Waals surface area contributed by atoms with E-state index in [2.05, 4.69) is 22.5 Å². The Morgan fingerprint density at radius 1 is 1.53 bits per heavy atom. The van der Waals surface area contributed by atoms with Crippen molar-refractivity contribution in [3.63, 3.8) is 0 Å². The van der Waals surface area contributed by atoms with Gasteiger partial charge < -0.3 is 15.6 Å². The number of hydrogen-bond acceptors (Lipinski definition) is 5. The summed E-state index contributed by atoms with van der Waals surface area (Å²) in [6, 6.07) is 1.82. The summed E-state index contributed by atoms with van der Waals surface area (Å²) < 4.78 is 6.67. The van der Waals surface area contributed by atoms with Crippen LogP contribution in [0.25, 0.3) is 0 Å². The molecule has 0 aromatic carbocycles. The number of aromatic nitrogens is 3. The van der Waals surface area contributed by atoms with Gasteiger partial charge in [-0.25, -0.2) is 4.68 Å². The second kappa shape index (κ2) is 4.90. The van der Waals surface area contributed by atoms with Gasteiger partial charge in [-0.1, -0.05) is 12.1 Å². The monoisotopic (exact) mass is 235 g/mol. The number of nitrogen functional groups attached to an aromatic ring is 1. The molecule has 0 amide bonds. The first-order valence-corrected chi connectivity index (χ1v) is 5.68. The van der Waals surface area contributed by atoms with E-state index in [1.54, 1.807) is 6.26 Å². The Kier molecular flexibility index (Phi) is 3.32. The summed E-state index contributed by atoms with van der Waals surface area (Å²) in [5.41, 5.74) is 8.37. The van der Waals surface area contributed by atoms with Crippen molar-refractivity contribution in [1.82, 2.24) is 14.9 Å². The standard InChI is InChI=1S/C11H17N5O/c1-3-5-16-11(10(12)8(2)14-16)13-7-9-4-6-17-15-9/h4,6,13H,3,5,7,12H2,1-2H3. The molecule has 0 aliphatic carbocycles. The highest BCUT2D eigenvalue weighted by Crippen LogP contribution is 2.22. The second-order valence-electron chi connectivity index (χ2n) is 3.92. The van der Waals surface area contributed by atoms with Crippen LogP contribution >= 0.6 is 0 Å². The number of anilines is 2. The van der Waals surface area contributed by atoms with Gasteiger partial charge in [-0.3, -0.25) is 0 Å². The van der Waals surface area contributed by atoms with Gasteiger partial charge in [0.25, 0.3) is 0 Å². The summed E-state index contributed by atoms with van der Waals surface area (Å²) in [5, 5.41) is 11.5. The van der Waals surface area contributed by atoms with Crippen molar-refractivity contribution >= 4 is 11.5 Å². The van der Waals surface area contributed by atoms with Gasteiger partial charge in [0, 0.05) is 12.6 Å². The lowest BCUT2D eigenvalue weighted by molar-refractivity contribution is 0.412. The molecule has 6 heteroatoms. The molecule has 0 radical (unpaired) electrons. The summed E-state index contributed by atoms with van der Waals surface area (Å²) in [4.78, 5) is 0. The first-order valence-electron chi connectivity index (χ1n) is 5.68. The number of nitrogens with zero attached hydrogens (tertiary/aromatic N) is 3. The molecule has 0 aliphatic heterocycles. The number of nitrogens with two attached hydrogens (primary N) is 1. The van der Waals surface area contributed by atoms with Crippen LogP contribution in [0.2, 0.25) is 0 Å². The highest BCUT2D eigenvalue weighted by atomic mass is 16.5. The fourth-order valence-electron chi connectivity index (χ4n) is 1.66. The van der Waals surface area contributed by atoms with E-state index >= 15 is 0 Å². The van der Waals surface area contributed by atoms with Crippen molar-refractivity contribution in [2.45, 2.75) is 33.4 Å². The average Bonchev–Trinajstić information content (AvgIpc) is 2.89. The van der Waals surface area contributed by atoms with Crippen LogP contribution in [-0.2, 0) is 13.1 Å². The maximum atomic E-state index is 5.98. The van der Waals surface area contributed by atoms with Gasteiger partial charge in [0.15, 0.2) is 0 Å². The van der Waals surface area contributed by atoms with E-state index in [1.165, 1.54) is 0 Å². The topological polar surface area (TPSA) is 81.9 Å². The first-order chi connectivity index (χ1) is 8.22. The van der Waals surface area contributed by atoms with E-state index in [0.29, 0.717) is 12.2 Å². The number of hydrogen-bond donors (Lipinski definition) is 2. The SMILES string of the molecule is CCCn1nc(C)c(N)c1NCc1ccon1. The Labute approximate surface area is 99.8 Å². The molecule has 2 aromatic heterocycles. The third kappa shape index (κ3) is 2.41.